The highest BCUT2D eigenvalue weighted by Gasteiger charge is 2.23. The molecule has 9 heteroatoms. The van der Waals surface area contributed by atoms with Gasteiger partial charge in [0.25, 0.3) is 0 Å². The van der Waals surface area contributed by atoms with E-state index < -0.39 is 12.1 Å². The minimum atomic E-state index is -0.923. The van der Waals surface area contributed by atoms with Crippen LogP contribution in [0.25, 0.3) is 0 Å². The van der Waals surface area contributed by atoms with E-state index >= 15 is 0 Å². The van der Waals surface area contributed by atoms with Crippen LogP contribution in [-0.2, 0) is 4.74 Å². The van der Waals surface area contributed by atoms with Gasteiger partial charge >= 0.3 is 0 Å². The number of nitrogens with zero attached hydrogens (tertiary/aromatic N) is 1. The Balaban J connectivity index is 0.00000182. The maximum Gasteiger partial charge on any atom is 0.213 e. The van der Waals surface area contributed by atoms with Crippen LogP contribution in [0, 0.1) is 6.92 Å². The van der Waals surface area contributed by atoms with Gasteiger partial charge in [0, 0.05) is 24.2 Å². The highest BCUT2D eigenvalue weighted by molar-refractivity contribution is 6.42. The quantitative estimate of drug-likeness (QED) is 0.696. The van der Waals surface area contributed by atoms with Gasteiger partial charge < -0.3 is 20.3 Å². The summed E-state index contributed by atoms with van der Waals surface area (Å²) in [6, 6.07) is 6.24. The van der Waals surface area contributed by atoms with Gasteiger partial charge in [-0.1, -0.05) is 29.3 Å². The lowest BCUT2D eigenvalue weighted by atomic mass is 9.95. The normalized spacial score (nSPS) is 18.2. The molecule has 0 radical (unpaired) electrons. The van der Waals surface area contributed by atoms with Crippen molar-refractivity contribution in [2.75, 3.05) is 13.2 Å². The summed E-state index contributed by atoms with van der Waals surface area (Å²) in [4.78, 5) is 4.29. The molecule has 3 N–H and O–H groups in total. The Morgan fingerprint density at radius 2 is 2.00 bits per heavy atom. The molecule has 1 fully saturated rings. The van der Waals surface area contributed by atoms with Crippen molar-refractivity contribution in [3.8, 4) is 5.88 Å². The lowest BCUT2D eigenvalue weighted by Crippen LogP contribution is -2.21. The van der Waals surface area contributed by atoms with E-state index in [1.165, 1.54) is 0 Å². The largest absolute Gasteiger partial charge is 0.472 e. The van der Waals surface area contributed by atoms with Gasteiger partial charge in [0.15, 0.2) is 0 Å². The molecule has 0 saturated carbocycles. The van der Waals surface area contributed by atoms with Crippen molar-refractivity contribution in [2.24, 2.45) is 5.73 Å². The van der Waals surface area contributed by atoms with Crippen molar-refractivity contribution in [1.82, 2.24) is 4.98 Å². The molecule has 1 aromatic carbocycles. The van der Waals surface area contributed by atoms with Crippen molar-refractivity contribution in [1.29, 1.82) is 0 Å². The maximum absolute atomic E-state index is 10.7. The van der Waals surface area contributed by atoms with E-state index in [-0.39, 0.29) is 30.9 Å². The zero-order valence-corrected chi connectivity index (χ0v) is 17.7. The van der Waals surface area contributed by atoms with Gasteiger partial charge in [-0.05, 0) is 30.2 Å². The molecule has 0 spiro atoms. The minimum absolute atomic E-state index is 0. The van der Waals surface area contributed by atoms with Crippen LogP contribution in [-0.4, -0.2) is 29.4 Å². The fourth-order valence-electron chi connectivity index (χ4n) is 2.79. The van der Waals surface area contributed by atoms with Crippen LogP contribution in [0.4, 0.5) is 0 Å². The monoisotopic (exact) mass is 454 g/mol. The second-order valence-electron chi connectivity index (χ2n) is 6.13. The topological polar surface area (TPSA) is 77.6 Å². The van der Waals surface area contributed by atoms with Crippen molar-refractivity contribution in [3.05, 3.63) is 57.2 Å². The van der Waals surface area contributed by atoms with E-state index in [2.05, 4.69) is 4.98 Å². The van der Waals surface area contributed by atoms with E-state index in [4.69, 9.17) is 38.4 Å². The van der Waals surface area contributed by atoms with E-state index in [1.54, 1.807) is 30.5 Å². The summed E-state index contributed by atoms with van der Waals surface area (Å²) in [6.45, 7) is 3.17. The molecule has 150 valence electrons. The molecule has 1 unspecified atom stereocenters. The molecule has 1 saturated heterocycles. The molecule has 1 aliphatic heterocycles. The van der Waals surface area contributed by atoms with Crippen molar-refractivity contribution in [2.45, 2.75) is 31.6 Å². The Hall–Kier alpha value is -0.790. The molecule has 27 heavy (non-hydrogen) atoms. The minimum Gasteiger partial charge on any atom is -0.472 e. The fraction of sp³-hybridized carbons (Fsp3) is 0.389. The van der Waals surface area contributed by atoms with E-state index in [1.807, 2.05) is 6.92 Å². The standard InChI is InChI=1S/C18H20Cl2N2O3.2ClH/c1-10-6-16(25-12-4-5-24-9-12)22-8-13(10)18(23)17(21)11-2-3-14(19)15(20)7-11;;/h2-3,6-8,12,17-18,23H,4-5,9,21H2,1H3;2*1H/t12?,17-,18+;;/m1../s1. The first-order valence-electron chi connectivity index (χ1n) is 8.05. The summed E-state index contributed by atoms with van der Waals surface area (Å²) in [6.07, 6.45) is 1.56. The lowest BCUT2D eigenvalue weighted by Gasteiger charge is -2.22. The van der Waals surface area contributed by atoms with Gasteiger partial charge in [-0.2, -0.15) is 0 Å². The molecule has 5 nitrogen and oxygen atoms in total. The molecule has 3 rings (SSSR count). The van der Waals surface area contributed by atoms with Crippen molar-refractivity contribution in [3.63, 3.8) is 0 Å². The molecule has 1 aromatic heterocycles. The van der Waals surface area contributed by atoms with E-state index in [9.17, 15) is 5.11 Å². The highest BCUT2D eigenvalue weighted by Crippen LogP contribution is 2.32. The number of aliphatic hydroxyl groups is 1. The van der Waals surface area contributed by atoms with Gasteiger partial charge in [0.1, 0.15) is 6.10 Å². The van der Waals surface area contributed by atoms with Crippen LogP contribution < -0.4 is 10.5 Å². The van der Waals surface area contributed by atoms with Crippen LogP contribution in [0.15, 0.2) is 30.5 Å². The number of hydrogen-bond acceptors (Lipinski definition) is 5. The lowest BCUT2D eigenvalue weighted by molar-refractivity contribution is 0.136. The number of pyridine rings is 1. The van der Waals surface area contributed by atoms with Crippen LogP contribution in [0.2, 0.25) is 10.0 Å². The predicted molar refractivity (Wildman–Crippen MR) is 112 cm³/mol. The third-order valence-electron chi connectivity index (χ3n) is 4.29. The number of rotatable bonds is 5. The summed E-state index contributed by atoms with van der Waals surface area (Å²) in [7, 11) is 0. The number of hydrogen-bond donors (Lipinski definition) is 2. The first-order valence-corrected chi connectivity index (χ1v) is 8.81. The summed E-state index contributed by atoms with van der Waals surface area (Å²) < 4.78 is 11.1. The summed E-state index contributed by atoms with van der Waals surface area (Å²) in [5.41, 5.74) is 8.40. The zero-order chi connectivity index (χ0) is 18.0. The van der Waals surface area contributed by atoms with Crippen LogP contribution in [0.3, 0.4) is 0 Å². The van der Waals surface area contributed by atoms with Crippen LogP contribution in [0.5, 0.6) is 5.88 Å². The van der Waals surface area contributed by atoms with Crippen LogP contribution >= 0.6 is 48.0 Å². The van der Waals surface area contributed by atoms with Gasteiger partial charge in [0.05, 0.1) is 35.4 Å². The fourth-order valence-corrected chi connectivity index (χ4v) is 3.09. The molecule has 0 bridgehead atoms. The Morgan fingerprint density at radius 3 is 2.59 bits per heavy atom. The molecule has 2 heterocycles. The zero-order valence-electron chi connectivity index (χ0n) is 14.6. The molecule has 0 aliphatic carbocycles. The number of nitrogens with two attached hydrogens (primary N) is 1. The second kappa shape index (κ2) is 10.7. The average molecular weight is 456 g/mol. The number of ether oxygens (including phenoxy) is 2. The van der Waals surface area contributed by atoms with Crippen LogP contribution in [0.1, 0.15) is 35.3 Å². The maximum atomic E-state index is 10.7. The molecular weight excluding hydrogens is 434 g/mol. The Labute approximate surface area is 181 Å². The third kappa shape index (κ3) is 5.84. The van der Waals surface area contributed by atoms with Gasteiger partial charge in [-0.3, -0.25) is 0 Å². The number of aryl methyl sites for hydroxylation is 1. The average Bonchev–Trinajstić information content (AvgIpc) is 3.09. The van der Waals surface area contributed by atoms with Gasteiger partial charge in [-0.15, -0.1) is 24.8 Å². The predicted octanol–water partition coefficient (Wildman–Crippen LogP) is 4.44. The van der Waals surface area contributed by atoms with Gasteiger partial charge in [-0.25, -0.2) is 4.98 Å². The molecule has 0 amide bonds. The molecule has 3 atom stereocenters. The highest BCUT2D eigenvalue weighted by atomic mass is 35.5. The summed E-state index contributed by atoms with van der Waals surface area (Å²) in [5.74, 6) is 0.520. The van der Waals surface area contributed by atoms with Crippen molar-refractivity contribution < 1.29 is 14.6 Å². The Kier molecular flexibility index (Phi) is 9.58. The third-order valence-corrected chi connectivity index (χ3v) is 5.03. The number of benzene rings is 1. The first-order chi connectivity index (χ1) is 12.0. The Morgan fingerprint density at radius 1 is 1.26 bits per heavy atom. The Bertz CT molecular complexity index is 757. The van der Waals surface area contributed by atoms with E-state index in [0.29, 0.717) is 40.3 Å². The SMILES string of the molecule is Cc1cc(OC2CCOC2)ncc1[C@H](O)[C@H](N)c1ccc(Cl)c(Cl)c1.Cl.Cl. The summed E-state index contributed by atoms with van der Waals surface area (Å²) >= 11 is 12.0. The first kappa shape index (κ1) is 24.2. The molecule has 2 aromatic rings. The van der Waals surface area contributed by atoms with Gasteiger partial charge in [0.2, 0.25) is 5.88 Å². The molecular formula is C18H22Cl4N2O3. The second-order valence-corrected chi connectivity index (χ2v) is 6.94. The van der Waals surface area contributed by atoms with Crippen molar-refractivity contribution >= 4 is 48.0 Å². The summed E-state index contributed by atoms with van der Waals surface area (Å²) in [5, 5.41) is 11.5. The molecule has 1 aliphatic rings. The number of halogens is 4. The number of aliphatic hydroxyl groups excluding tert-OH is 1. The van der Waals surface area contributed by atoms with E-state index in [0.717, 1.165) is 12.0 Å². The number of aromatic nitrogens is 1. The smallest absolute Gasteiger partial charge is 0.213 e.